The summed E-state index contributed by atoms with van der Waals surface area (Å²) in [7, 11) is 0. The molecule has 0 saturated heterocycles. The Balaban J connectivity index is 2.10. The lowest BCUT2D eigenvalue weighted by Gasteiger charge is -2.16. The lowest BCUT2D eigenvalue weighted by atomic mass is 10.0. The molecule has 0 bridgehead atoms. The van der Waals surface area contributed by atoms with Gasteiger partial charge in [0.15, 0.2) is 0 Å². The average molecular weight is 272 g/mol. The Labute approximate surface area is 116 Å². The third kappa shape index (κ3) is 3.62. The number of rotatable bonds is 5. The van der Waals surface area contributed by atoms with E-state index < -0.39 is 11.6 Å². The molecule has 1 atom stereocenters. The molecule has 0 fully saturated rings. The van der Waals surface area contributed by atoms with E-state index in [4.69, 9.17) is 5.26 Å². The zero-order valence-electron chi connectivity index (χ0n) is 10.8. The van der Waals surface area contributed by atoms with Gasteiger partial charge in [0.25, 0.3) is 0 Å². The molecule has 20 heavy (non-hydrogen) atoms. The van der Waals surface area contributed by atoms with Crippen molar-refractivity contribution in [3.63, 3.8) is 0 Å². The number of benzene rings is 2. The van der Waals surface area contributed by atoms with Crippen LogP contribution in [0.2, 0.25) is 0 Å². The molecule has 2 aromatic rings. The molecule has 2 nitrogen and oxygen atoms in total. The minimum atomic E-state index is -0.472. The van der Waals surface area contributed by atoms with Crippen molar-refractivity contribution < 1.29 is 8.78 Å². The number of nitriles is 1. The van der Waals surface area contributed by atoms with Crippen LogP contribution in [0.5, 0.6) is 0 Å². The minimum absolute atomic E-state index is 0.171. The first-order chi connectivity index (χ1) is 9.70. The highest BCUT2D eigenvalue weighted by atomic mass is 19.1. The Morgan fingerprint density at radius 3 is 2.55 bits per heavy atom. The Morgan fingerprint density at radius 1 is 1.10 bits per heavy atom. The first kappa shape index (κ1) is 14.2. The molecular weight excluding hydrogens is 258 g/mol. The van der Waals surface area contributed by atoms with E-state index in [1.165, 1.54) is 0 Å². The molecular formula is C16H14F2N2. The number of halogens is 2. The van der Waals surface area contributed by atoms with E-state index in [0.29, 0.717) is 0 Å². The summed E-state index contributed by atoms with van der Waals surface area (Å²) in [5.74, 6) is -0.928. The van der Waals surface area contributed by atoms with Gasteiger partial charge in [-0.3, -0.25) is 0 Å². The van der Waals surface area contributed by atoms with Crippen molar-refractivity contribution in [3.05, 3.63) is 71.3 Å². The van der Waals surface area contributed by atoms with Gasteiger partial charge in [0.05, 0.1) is 12.5 Å². The van der Waals surface area contributed by atoms with E-state index in [1.807, 2.05) is 30.3 Å². The summed E-state index contributed by atoms with van der Waals surface area (Å²) in [6.07, 6.45) is 0.265. The summed E-state index contributed by atoms with van der Waals surface area (Å²) in [4.78, 5) is 0. The third-order valence-corrected chi connectivity index (χ3v) is 3.04. The Hall–Kier alpha value is -2.25. The molecule has 2 rings (SSSR count). The molecule has 0 amide bonds. The van der Waals surface area contributed by atoms with Gasteiger partial charge < -0.3 is 5.32 Å². The molecule has 2 aromatic carbocycles. The highest BCUT2D eigenvalue weighted by molar-refractivity contribution is 5.22. The van der Waals surface area contributed by atoms with Crippen LogP contribution in [0, 0.1) is 23.0 Å². The predicted molar refractivity (Wildman–Crippen MR) is 72.6 cm³/mol. The van der Waals surface area contributed by atoms with Crippen LogP contribution in [-0.2, 0) is 6.54 Å². The van der Waals surface area contributed by atoms with Crippen LogP contribution in [0.3, 0.4) is 0 Å². The van der Waals surface area contributed by atoms with Crippen LogP contribution in [0.4, 0.5) is 8.78 Å². The molecule has 0 radical (unpaired) electrons. The fourth-order valence-corrected chi connectivity index (χ4v) is 2.00. The molecule has 0 aliphatic heterocycles. The van der Waals surface area contributed by atoms with Crippen molar-refractivity contribution in [2.75, 3.05) is 0 Å². The van der Waals surface area contributed by atoms with Crippen molar-refractivity contribution >= 4 is 0 Å². The highest BCUT2D eigenvalue weighted by Crippen LogP contribution is 2.17. The van der Waals surface area contributed by atoms with Crippen molar-refractivity contribution in [1.82, 2.24) is 5.32 Å². The quantitative estimate of drug-likeness (QED) is 0.900. The van der Waals surface area contributed by atoms with Crippen LogP contribution in [0.15, 0.2) is 48.5 Å². The van der Waals surface area contributed by atoms with E-state index in [9.17, 15) is 8.78 Å². The lowest BCUT2D eigenvalue weighted by molar-refractivity contribution is 0.517. The second-order valence-electron chi connectivity index (χ2n) is 4.44. The first-order valence-electron chi connectivity index (χ1n) is 6.30. The summed E-state index contributed by atoms with van der Waals surface area (Å²) in [6, 6.07) is 14.7. The van der Waals surface area contributed by atoms with Gasteiger partial charge in [-0.05, 0) is 23.8 Å². The van der Waals surface area contributed by atoms with E-state index >= 15 is 0 Å². The largest absolute Gasteiger partial charge is 0.305 e. The number of nitrogens with zero attached hydrogens (tertiary/aromatic N) is 1. The molecule has 0 aliphatic rings. The number of hydrogen-bond donors (Lipinski definition) is 1. The molecule has 4 heteroatoms. The van der Waals surface area contributed by atoms with E-state index in [-0.39, 0.29) is 24.6 Å². The maximum atomic E-state index is 13.5. The summed E-state index contributed by atoms with van der Waals surface area (Å²) in [5, 5.41) is 12.0. The minimum Gasteiger partial charge on any atom is -0.305 e. The average Bonchev–Trinajstić information content (AvgIpc) is 2.47. The van der Waals surface area contributed by atoms with Gasteiger partial charge in [-0.25, -0.2) is 8.78 Å². The van der Waals surface area contributed by atoms with E-state index in [0.717, 1.165) is 23.8 Å². The maximum Gasteiger partial charge on any atom is 0.127 e. The van der Waals surface area contributed by atoms with Crippen LogP contribution in [0.25, 0.3) is 0 Å². The molecule has 0 aliphatic carbocycles. The fraction of sp³-hybridized carbons (Fsp3) is 0.188. The molecule has 0 saturated carbocycles. The summed E-state index contributed by atoms with van der Waals surface area (Å²) < 4.78 is 26.6. The normalized spacial score (nSPS) is 11.8. The Kier molecular flexibility index (Phi) is 4.80. The highest BCUT2D eigenvalue weighted by Gasteiger charge is 2.12. The maximum absolute atomic E-state index is 13.5. The SMILES string of the molecule is N#CCC(NCc1cc(F)ccc1F)c1ccccc1. The second-order valence-corrected chi connectivity index (χ2v) is 4.44. The molecule has 0 heterocycles. The zero-order chi connectivity index (χ0) is 14.4. The predicted octanol–water partition coefficient (Wildman–Crippen LogP) is 3.71. The van der Waals surface area contributed by atoms with E-state index in [2.05, 4.69) is 11.4 Å². The van der Waals surface area contributed by atoms with Crippen molar-refractivity contribution in [2.45, 2.75) is 19.0 Å². The standard InChI is InChI=1S/C16H14F2N2/c17-14-6-7-15(18)13(10-14)11-20-16(8-9-19)12-4-2-1-3-5-12/h1-7,10,16,20H,8,11H2. The van der Waals surface area contributed by atoms with Crippen LogP contribution in [-0.4, -0.2) is 0 Å². The monoisotopic (exact) mass is 272 g/mol. The van der Waals surface area contributed by atoms with Gasteiger partial charge in [-0.2, -0.15) is 5.26 Å². The van der Waals surface area contributed by atoms with Gasteiger partial charge in [0.1, 0.15) is 11.6 Å². The molecule has 1 N–H and O–H groups in total. The van der Waals surface area contributed by atoms with Gasteiger partial charge in [-0.15, -0.1) is 0 Å². The van der Waals surface area contributed by atoms with Gasteiger partial charge in [-0.1, -0.05) is 30.3 Å². The van der Waals surface area contributed by atoms with Gasteiger partial charge in [0.2, 0.25) is 0 Å². The summed E-state index contributed by atoms with van der Waals surface area (Å²) >= 11 is 0. The third-order valence-electron chi connectivity index (χ3n) is 3.04. The summed E-state index contributed by atoms with van der Waals surface area (Å²) in [5.41, 5.74) is 1.20. The number of nitrogens with one attached hydrogen (secondary N) is 1. The topological polar surface area (TPSA) is 35.8 Å². The van der Waals surface area contributed by atoms with Crippen molar-refractivity contribution in [1.29, 1.82) is 5.26 Å². The van der Waals surface area contributed by atoms with Gasteiger partial charge >= 0.3 is 0 Å². The van der Waals surface area contributed by atoms with Crippen molar-refractivity contribution in [2.24, 2.45) is 0 Å². The van der Waals surface area contributed by atoms with Crippen LogP contribution >= 0.6 is 0 Å². The molecule has 1 unspecified atom stereocenters. The van der Waals surface area contributed by atoms with Crippen LogP contribution in [0.1, 0.15) is 23.6 Å². The Bertz CT molecular complexity index is 606. The van der Waals surface area contributed by atoms with Crippen LogP contribution < -0.4 is 5.32 Å². The molecule has 102 valence electrons. The van der Waals surface area contributed by atoms with E-state index in [1.54, 1.807) is 0 Å². The molecule has 0 spiro atoms. The second kappa shape index (κ2) is 6.78. The van der Waals surface area contributed by atoms with Gasteiger partial charge in [0, 0.05) is 18.2 Å². The Morgan fingerprint density at radius 2 is 1.85 bits per heavy atom. The number of hydrogen-bond acceptors (Lipinski definition) is 2. The fourth-order valence-electron chi connectivity index (χ4n) is 2.00. The van der Waals surface area contributed by atoms with Crippen molar-refractivity contribution in [3.8, 4) is 6.07 Å². The zero-order valence-corrected chi connectivity index (χ0v) is 10.8. The lowest BCUT2D eigenvalue weighted by Crippen LogP contribution is -2.21. The smallest absolute Gasteiger partial charge is 0.127 e. The first-order valence-corrected chi connectivity index (χ1v) is 6.30. The summed E-state index contributed by atoms with van der Waals surface area (Å²) in [6.45, 7) is 0.171. The molecule has 0 aromatic heterocycles.